The maximum Gasteiger partial charge on any atom is 0.330 e. The van der Waals surface area contributed by atoms with Crippen LogP contribution in [0.5, 0.6) is 0 Å². The molecule has 138 valence electrons. The van der Waals surface area contributed by atoms with Gasteiger partial charge in [0.15, 0.2) is 11.9 Å². The second kappa shape index (κ2) is 12.9. The second-order valence-electron chi connectivity index (χ2n) is 6.60. The summed E-state index contributed by atoms with van der Waals surface area (Å²) in [5.41, 5.74) is 0. The van der Waals surface area contributed by atoms with Crippen LogP contribution in [0.4, 0.5) is 0 Å². The number of unbranched alkanes of at least 4 members (excludes halogenated alkanes) is 9. The Kier molecular flexibility index (Phi) is 11.1. The van der Waals surface area contributed by atoms with Gasteiger partial charge >= 0.3 is 5.97 Å². The molecule has 0 aliphatic heterocycles. The Morgan fingerprint density at radius 3 is 2.08 bits per heavy atom. The van der Waals surface area contributed by atoms with Crippen LogP contribution in [-0.4, -0.2) is 31.3 Å². The molecule has 0 radical (unpaired) electrons. The lowest BCUT2D eigenvalue weighted by Crippen LogP contribution is -2.21. The summed E-state index contributed by atoms with van der Waals surface area (Å²) in [5, 5.41) is 21.4. The minimum absolute atomic E-state index is 0.531. The predicted octanol–water partition coefficient (Wildman–Crippen LogP) is 4.56. The third kappa shape index (κ3) is 8.41. The highest BCUT2D eigenvalue weighted by atomic mass is 16.4. The van der Waals surface area contributed by atoms with Crippen LogP contribution in [0.1, 0.15) is 103 Å². The van der Waals surface area contributed by atoms with Crippen molar-refractivity contribution in [3.8, 4) is 0 Å². The molecule has 1 heterocycles. The summed E-state index contributed by atoms with van der Waals surface area (Å²) < 4.78 is 0. The first-order valence-corrected chi connectivity index (χ1v) is 9.70. The van der Waals surface area contributed by atoms with E-state index in [1.165, 1.54) is 62.6 Å². The minimum atomic E-state index is -0.889. The van der Waals surface area contributed by atoms with Gasteiger partial charge in [0.05, 0.1) is 0 Å². The van der Waals surface area contributed by atoms with E-state index in [1.807, 2.05) is 6.92 Å². The van der Waals surface area contributed by atoms with E-state index in [0.29, 0.717) is 12.2 Å². The van der Waals surface area contributed by atoms with Gasteiger partial charge in [-0.15, -0.1) is 15.0 Å². The van der Waals surface area contributed by atoms with Gasteiger partial charge in [-0.3, -0.25) is 0 Å². The number of carboxylic acid groups (broad SMARTS) is 1. The number of carboxylic acids is 1. The molecule has 1 atom stereocenters. The summed E-state index contributed by atoms with van der Waals surface area (Å²) in [7, 11) is 0. The number of nitrogens with zero attached hydrogens (tertiary/aromatic N) is 4. The highest BCUT2D eigenvalue weighted by Crippen LogP contribution is 2.13. The molecule has 1 aromatic heterocycles. The van der Waals surface area contributed by atoms with Gasteiger partial charge < -0.3 is 5.11 Å². The van der Waals surface area contributed by atoms with Crippen LogP contribution in [0.2, 0.25) is 0 Å². The van der Waals surface area contributed by atoms with Gasteiger partial charge in [0.1, 0.15) is 0 Å². The average molecular weight is 338 g/mol. The largest absolute Gasteiger partial charge is 0.480 e. The molecular weight excluding hydrogens is 304 g/mol. The van der Waals surface area contributed by atoms with Crippen molar-refractivity contribution in [1.82, 2.24) is 20.2 Å². The number of carbonyl (C=O) groups is 1. The van der Waals surface area contributed by atoms with Crippen LogP contribution in [-0.2, 0) is 11.2 Å². The average Bonchev–Trinajstić information content (AvgIpc) is 3.02. The maximum absolute atomic E-state index is 11.2. The van der Waals surface area contributed by atoms with Gasteiger partial charge in [0, 0.05) is 6.42 Å². The van der Waals surface area contributed by atoms with Gasteiger partial charge in [-0.05, 0) is 18.1 Å². The summed E-state index contributed by atoms with van der Waals surface area (Å²) in [4.78, 5) is 12.5. The zero-order valence-electron chi connectivity index (χ0n) is 15.4. The topological polar surface area (TPSA) is 80.9 Å². The molecule has 0 bridgehead atoms. The van der Waals surface area contributed by atoms with E-state index in [-0.39, 0.29) is 0 Å². The van der Waals surface area contributed by atoms with E-state index < -0.39 is 12.0 Å². The van der Waals surface area contributed by atoms with Crippen LogP contribution in [0, 0.1) is 0 Å². The van der Waals surface area contributed by atoms with Gasteiger partial charge in [0.2, 0.25) is 0 Å². The van der Waals surface area contributed by atoms with Crippen molar-refractivity contribution in [2.45, 2.75) is 103 Å². The number of aromatic nitrogens is 4. The monoisotopic (exact) mass is 338 g/mol. The van der Waals surface area contributed by atoms with E-state index in [9.17, 15) is 9.90 Å². The number of tetrazole rings is 1. The van der Waals surface area contributed by atoms with Gasteiger partial charge in [-0.25, -0.2) is 4.79 Å². The SMILES string of the molecule is CCCCCCCCCCCCc1nnn(C(CCC)C(=O)O)n1. The van der Waals surface area contributed by atoms with Crippen molar-refractivity contribution < 1.29 is 9.90 Å². The molecule has 1 rings (SSSR count). The molecule has 0 spiro atoms. The molecular formula is C18H34N4O2. The van der Waals surface area contributed by atoms with E-state index in [2.05, 4.69) is 22.3 Å². The highest BCUT2D eigenvalue weighted by Gasteiger charge is 2.21. The molecule has 0 saturated carbocycles. The summed E-state index contributed by atoms with van der Waals surface area (Å²) in [6.07, 6.45) is 15.0. The third-order valence-corrected chi connectivity index (χ3v) is 4.35. The van der Waals surface area contributed by atoms with Crippen LogP contribution >= 0.6 is 0 Å². The first kappa shape index (κ1) is 20.6. The molecule has 6 heteroatoms. The predicted molar refractivity (Wildman–Crippen MR) is 94.9 cm³/mol. The Morgan fingerprint density at radius 1 is 0.958 bits per heavy atom. The summed E-state index contributed by atoms with van der Waals surface area (Å²) >= 11 is 0. The van der Waals surface area contributed by atoms with Gasteiger partial charge in [-0.1, -0.05) is 78.1 Å². The Bertz CT molecular complexity index is 448. The van der Waals surface area contributed by atoms with E-state index in [4.69, 9.17) is 0 Å². The van der Waals surface area contributed by atoms with Crippen molar-refractivity contribution in [3.63, 3.8) is 0 Å². The molecule has 6 nitrogen and oxygen atoms in total. The maximum atomic E-state index is 11.2. The van der Waals surface area contributed by atoms with Crippen LogP contribution < -0.4 is 0 Å². The number of aryl methyl sites for hydroxylation is 1. The lowest BCUT2D eigenvalue weighted by atomic mass is 10.1. The summed E-state index contributed by atoms with van der Waals surface area (Å²) in [6.45, 7) is 4.21. The zero-order valence-corrected chi connectivity index (χ0v) is 15.4. The number of aliphatic carboxylic acids is 1. The van der Waals surface area contributed by atoms with Crippen LogP contribution in [0.3, 0.4) is 0 Å². The second-order valence-corrected chi connectivity index (χ2v) is 6.60. The standard InChI is InChI=1S/C18H34N4O2/c1-3-5-6-7-8-9-10-11-12-13-15-17-19-21-22(20-17)16(14-4-2)18(23)24/h16H,3-15H2,1-2H3,(H,23,24). The molecule has 1 unspecified atom stereocenters. The molecule has 0 aliphatic carbocycles. The molecule has 0 amide bonds. The Hall–Kier alpha value is -1.46. The Morgan fingerprint density at radius 2 is 1.54 bits per heavy atom. The third-order valence-electron chi connectivity index (χ3n) is 4.35. The van der Waals surface area contributed by atoms with E-state index >= 15 is 0 Å². The lowest BCUT2D eigenvalue weighted by Gasteiger charge is -2.08. The fourth-order valence-electron chi connectivity index (χ4n) is 2.87. The minimum Gasteiger partial charge on any atom is -0.480 e. The Labute approximate surface area is 146 Å². The molecule has 0 aliphatic rings. The molecule has 1 aromatic rings. The number of hydrogen-bond donors (Lipinski definition) is 1. The number of hydrogen-bond acceptors (Lipinski definition) is 4. The van der Waals surface area contributed by atoms with Crippen LogP contribution in [0.15, 0.2) is 0 Å². The van der Waals surface area contributed by atoms with E-state index in [1.54, 1.807) is 0 Å². The van der Waals surface area contributed by atoms with Gasteiger partial charge in [-0.2, -0.15) is 0 Å². The summed E-state index contributed by atoms with van der Waals surface area (Å²) in [6, 6.07) is -0.691. The Balaban J connectivity index is 2.12. The normalized spacial score (nSPS) is 12.4. The molecule has 0 fully saturated rings. The van der Waals surface area contributed by atoms with Gasteiger partial charge in [0.25, 0.3) is 0 Å². The quantitative estimate of drug-likeness (QED) is 0.474. The highest BCUT2D eigenvalue weighted by molar-refractivity contribution is 5.71. The fourth-order valence-corrected chi connectivity index (χ4v) is 2.87. The van der Waals surface area contributed by atoms with Crippen LogP contribution in [0.25, 0.3) is 0 Å². The summed E-state index contributed by atoms with van der Waals surface area (Å²) in [5.74, 6) is -0.225. The molecule has 0 saturated heterocycles. The molecule has 24 heavy (non-hydrogen) atoms. The van der Waals surface area contributed by atoms with E-state index in [0.717, 1.165) is 19.3 Å². The zero-order chi connectivity index (χ0) is 17.6. The van der Waals surface area contributed by atoms with Crippen molar-refractivity contribution in [1.29, 1.82) is 0 Å². The van der Waals surface area contributed by atoms with Crippen molar-refractivity contribution in [3.05, 3.63) is 5.82 Å². The fraction of sp³-hybridized carbons (Fsp3) is 0.889. The van der Waals surface area contributed by atoms with Crippen molar-refractivity contribution >= 4 is 5.97 Å². The number of rotatable bonds is 15. The molecule has 1 N–H and O–H groups in total. The first-order valence-electron chi connectivity index (χ1n) is 9.70. The van der Waals surface area contributed by atoms with Crippen molar-refractivity contribution in [2.24, 2.45) is 0 Å². The first-order chi connectivity index (χ1) is 11.7. The van der Waals surface area contributed by atoms with Crippen molar-refractivity contribution in [2.75, 3.05) is 0 Å². The molecule has 0 aromatic carbocycles. The lowest BCUT2D eigenvalue weighted by molar-refractivity contribution is -0.141. The smallest absolute Gasteiger partial charge is 0.330 e.